The molecule has 0 nitrogen and oxygen atoms in total. The first kappa shape index (κ1) is 5.36. The third-order valence-electron chi connectivity index (χ3n) is 0.471. The molecule has 0 aromatic heterocycles. The number of rotatable bonds is 0. The van der Waals surface area contributed by atoms with E-state index in [9.17, 15) is 0 Å². The van der Waals surface area contributed by atoms with Crippen LogP contribution in [0, 0.1) is 0 Å². The van der Waals surface area contributed by atoms with Crippen LogP contribution in [-0.2, 0) is 16.2 Å². The van der Waals surface area contributed by atoms with Crippen molar-refractivity contribution >= 4 is 9.22 Å². The molecule has 0 heterocycles. The third-order valence-corrected chi connectivity index (χ3v) is 2.45. The molecule has 0 aliphatic heterocycles. The summed E-state index contributed by atoms with van der Waals surface area (Å²) in [6.07, 6.45) is 0. The SMILES string of the molecule is C[CH]=[Zn]=[CH]C. The van der Waals surface area contributed by atoms with Gasteiger partial charge in [0, 0.05) is 0 Å². The Hall–Kier alpha value is 0.363. The van der Waals surface area contributed by atoms with Gasteiger partial charge < -0.3 is 0 Å². The van der Waals surface area contributed by atoms with Gasteiger partial charge in [-0.1, -0.05) is 0 Å². The quantitative estimate of drug-likeness (QED) is 0.414. The Morgan fingerprint density at radius 2 is 1.60 bits per heavy atom. The number of hydrogen-bond acceptors (Lipinski definition) is 0. The van der Waals surface area contributed by atoms with E-state index in [4.69, 9.17) is 0 Å². The monoisotopic (exact) mass is 120 g/mol. The summed E-state index contributed by atoms with van der Waals surface area (Å²) in [5.74, 6) is 0. The molecule has 0 atom stereocenters. The molecule has 0 aromatic carbocycles. The van der Waals surface area contributed by atoms with E-state index >= 15 is 0 Å². The van der Waals surface area contributed by atoms with Crippen LogP contribution >= 0.6 is 0 Å². The Balaban J connectivity index is 3.26. The minimum atomic E-state index is -0.153. The summed E-state index contributed by atoms with van der Waals surface area (Å²) < 4.78 is 4.62. The summed E-state index contributed by atoms with van der Waals surface area (Å²) in [7, 11) is 0. The van der Waals surface area contributed by atoms with Gasteiger partial charge in [0.25, 0.3) is 0 Å². The van der Waals surface area contributed by atoms with Crippen LogP contribution in [0.1, 0.15) is 13.8 Å². The molecule has 0 unspecified atom stereocenters. The fourth-order valence-corrected chi connectivity index (χ4v) is 1.22. The van der Waals surface area contributed by atoms with E-state index in [1.54, 1.807) is 0 Å². The second-order valence-corrected chi connectivity index (χ2v) is 5.47. The molecule has 0 aliphatic carbocycles. The van der Waals surface area contributed by atoms with Crippen LogP contribution in [0.2, 0.25) is 0 Å². The molecule has 0 rings (SSSR count). The van der Waals surface area contributed by atoms with Crippen LogP contribution < -0.4 is 0 Å². The molecule has 5 heavy (non-hydrogen) atoms. The van der Waals surface area contributed by atoms with Crippen molar-refractivity contribution in [1.29, 1.82) is 0 Å². The first-order valence-electron chi connectivity index (χ1n) is 1.97. The first-order chi connectivity index (χ1) is 2.41. The maximum atomic E-state index is 2.31. The summed E-state index contributed by atoms with van der Waals surface area (Å²) in [5.41, 5.74) is 0. The fraction of sp³-hybridized carbons (Fsp3) is 0.500. The predicted molar refractivity (Wildman–Crippen MR) is 23.5 cm³/mol. The van der Waals surface area contributed by atoms with E-state index in [-0.39, 0.29) is 16.2 Å². The van der Waals surface area contributed by atoms with Gasteiger partial charge in [-0.3, -0.25) is 0 Å². The Morgan fingerprint density at radius 3 is 1.60 bits per heavy atom. The Morgan fingerprint density at radius 1 is 1.20 bits per heavy atom. The number of hydrogen-bond donors (Lipinski definition) is 0. The molecule has 0 N–H and O–H groups in total. The average Bonchev–Trinajstić information content (AvgIpc) is 1.41. The first-order valence-corrected chi connectivity index (χ1v) is 5.40. The summed E-state index contributed by atoms with van der Waals surface area (Å²) in [4.78, 5) is 0. The van der Waals surface area contributed by atoms with E-state index in [1.807, 2.05) is 0 Å². The van der Waals surface area contributed by atoms with Crippen LogP contribution in [0.4, 0.5) is 0 Å². The fourth-order valence-electron chi connectivity index (χ4n) is 0.236. The van der Waals surface area contributed by atoms with Crippen LogP contribution in [0.15, 0.2) is 0 Å². The Bertz CT molecular complexity index is 52.0. The molecule has 0 spiro atoms. The van der Waals surface area contributed by atoms with Gasteiger partial charge in [-0.15, -0.1) is 0 Å². The molecular weight excluding hydrogens is 113 g/mol. The van der Waals surface area contributed by atoms with Crippen molar-refractivity contribution in [2.24, 2.45) is 0 Å². The van der Waals surface area contributed by atoms with E-state index in [0.29, 0.717) is 0 Å². The molecule has 0 aromatic rings. The van der Waals surface area contributed by atoms with E-state index in [2.05, 4.69) is 23.1 Å². The van der Waals surface area contributed by atoms with Crippen LogP contribution in [0.5, 0.6) is 0 Å². The molecule has 1 heteroatoms. The second-order valence-electron chi connectivity index (χ2n) is 1.05. The summed E-state index contributed by atoms with van der Waals surface area (Å²) in [6, 6.07) is 0. The van der Waals surface area contributed by atoms with Crippen molar-refractivity contribution in [3.63, 3.8) is 0 Å². The van der Waals surface area contributed by atoms with Gasteiger partial charge in [-0.2, -0.15) is 0 Å². The van der Waals surface area contributed by atoms with Crippen molar-refractivity contribution in [2.45, 2.75) is 13.8 Å². The van der Waals surface area contributed by atoms with Crippen LogP contribution in [0.3, 0.4) is 0 Å². The molecular formula is C4H8Zn. The Kier molecular flexibility index (Phi) is 4.68. The van der Waals surface area contributed by atoms with Gasteiger partial charge in [0.15, 0.2) is 0 Å². The molecule has 0 amide bonds. The second kappa shape index (κ2) is 4.36. The molecule has 0 radical (unpaired) electrons. The Labute approximate surface area is 39.8 Å². The average molecular weight is 121 g/mol. The van der Waals surface area contributed by atoms with Gasteiger partial charge >= 0.3 is 39.3 Å². The third kappa shape index (κ3) is 4.36. The normalized spacial score (nSPS) is 7.60. The zero-order valence-corrected chi connectivity index (χ0v) is 6.83. The van der Waals surface area contributed by atoms with Crippen molar-refractivity contribution < 1.29 is 16.2 Å². The van der Waals surface area contributed by atoms with Crippen LogP contribution in [0.25, 0.3) is 0 Å². The van der Waals surface area contributed by atoms with Gasteiger partial charge in [0.1, 0.15) is 0 Å². The predicted octanol–water partition coefficient (Wildman–Crippen LogP) is 0.713. The van der Waals surface area contributed by atoms with Crippen molar-refractivity contribution in [3.05, 3.63) is 0 Å². The minimum absolute atomic E-state index is 0.153. The molecule has 0 aliphatic rings. The molecule has 26 valence electrons. The topological polar surface area (TPSA) is 0 Å². The van der Waals surface area contributed by atoms with Crippen molar-refractivity contribution in [1.82, 2.24) is 0 Å². The molecule has 0 bridgehead atoms. The summed E-state index contributed by atoms with van der Waals surface area (Å²) >= 11 is -0.153. The molecule has 0 saturated carbocycles. The zero-order chi connectivity index (χ0) is 4.12. The zero-order valence-electron chi connectivity index (χ0n) is 3.86. The van der Waals surface area contributed by atoms with E-state index in [1.165, 1.54) is 0 Å². The van der Waals surface area contributed by atoms with Gasteiger partial charge in [0.2, 0.25) is 0 Å². The van der Waals surface area contributed by atoms with Gasteiger partial charge in [0.05, 0.1) is 0 Å². The van der Waals surface area contributed by atoms with Gasteiger partial charge in [-0.25, -0.2) is 0 Å². The maximum absolute atomic E-state index is 2.31. The van der Waals surface area contributed by atoms with Crippen molar-refractivity contribution in [3.8, 4) is 0 Å². The molecule has 0 fully saturated rings. The van der Waals surface area contributed by atoms with E-state index in [0.717, 1.165) is 0 Å². The summed E-state index contributed by atoms with van der Waals surface area (Å²) in [5, 5.41) is 0. The van der Waals surface area contributed by atoms with E-state index < -0.39 is 0 Å². The van der Waals surface area contributed by atoms with Crippen molar-refractivity contribution in [2.75, 3.05) is 0 Å². The standard InChI is InChI=1S/2C2H4.Zn/c2*1-2;/h2*1H,2H3;. The van der Waals surface area contributed by atoms with Gasteiger partial charge in [-0.05, 0) is 0 Å². The molecule has 0 saturated heterocycles. The summed E-state index contributed by atoms with van der Waals surface area (Å²) in [6.45, 7) is 4.28. The van der Waals surface area contributed by atoms with Crippen LogP contribution in [-0.4, -0.2) is 9.22 Å².